The molecule has 1 heterocycles. The second-order valence-corrected chi connectivity index (χ2v) is 10.8. The number of likely N-dealkylation sites (tertiary alicyclic amines) is 1. The van der Waals surface area contributed by atoms with Crippen LogP contribution in [0.1, 0.15) is 66.9 Å². The molecule has 1 aromatic rings. The predicted octanol–water partition coefficient (Wildman–Crippen LogP) is 5.12. The van der Waals surface area contributed by atoms with Gasteiger partial charge in [-0.1, -0.05) is 60.6 Å². The minimum atomic E-state index is -0.445. The summed E-state index contributed by atoms with van der Waals surface area (Å²) in [5.41, 5.74) is 1.77. The molecule has 0 aliphatic carbocycles. The van der Waals surface area contributed by atoms with Gasteiger partial charge in [-0.25, -0.2) is 0 Å². The zero-order valence-electron chi connectivity index (χ0n) is 18.6. The van der Waals surface area contributed by atoms with E-state index in [0.717, 1.165) is 25.3 Å². The number of piperidine rings is 1. The quantitative estimate of drug-likeness (QED) is 0.718. The maximum Gasteiger partial charge on any atom is 0.119 e. The van der Waals surface area contributed by atoms with Gasteiger partial charge in [0.1, 0.15) is 18.5 Å². The maximum absolute atomic E-state index is 10.4. The average Bonchev–Trinajstić information content (AvgIpc) is 2.50. The van der Waals surface area contributed by atoms with Gasteiger partial charge in [-0.15, -0.1) is 0 Å². The summed E-state index contributed by atoms with van der Waals surface area (Å²) >= 11 is 0. The topological polar surface area (TPSA) is 32.7 Å². The zero-order valence-corrected chi connectivity index (χ0v) is 18.6. The molecule has 1 N–H and O–H groups in total. The first kappa shape index (κ1) is 22.2. The van der Waals surface area contributed by atoms with Crippen LogP contribution in [0.4, 0.5) is 0 Å². The first-order valence-corrected chi connectivity index (χ1v) is 10.6. The Kier molecular flexibility index (Phi) is 7.38. The largest absolute Gasteiger partial charge is 0.491 e. The summed E-state index contributed by atoms with van der Waals surface area (Å²) in [6.45, 7) is 19.3. The van der Waals surface area contributed by atoms with E-state index < -0.39 is 6.10 Å². The Balaban J connectivity index is 1.84. The van der Waals surface area contributed by atoms with Crippen molar-refractivity contribution >= 4 is 0 Å². The molecule has 0 aromatic heterocycles. The standard InChI is InChI=1S/C24H41NO2/c1-18-12-19(2)14-25(13-18)15-21(26)16-27-22-10-8-20(9-11-22)24(6,7)17-23(3,4)5/h8-11,18-19,21,26H,12-17H2,1-7H3. The highest BCUT2D eigenvalue weighted by Crippen LogP contribution is 2.36. The highest BCUT2D eigenvalue weighted by atomic mass is 16.5. The monoisotopic (exact) mass is 375 g/mol. The Morgan fingerprint density at radius 3 is 2.11 bits per heavy atom. The van der Waals surface area contributed by atoms with Crippen LogP contribution in [0.15, 0.2) is 24.3 Å². The van der Waals surface area contributed by atoms with E-state index in [4.69, 9.17) is 4.74 Å². The van der Waals surface area contributed by atoms with Crippen LogP contribution in [0.2, 0.25) is 0 Å². The van der Waals surface area contributed by atoms with Gasteiger partial charge in [0.15, 0.2) is 0 Å². The third kappa shape index (κ3) is 7.46. The van der Waals surface area contributed by atoms with E-state index in [1.54, 1.807) is 0 Å². The lowest BCUT2D eigenvalue weighted by atomic mass is 9.72. The second-order valence-electron chi connectivity index (χ2n) is 10.8. The van der Waals surface area contributed by atoms with Gasteiger partial charge in [0, 0.05) is 19.6 Å². The van der Waals surface area contributed by atoms with Gasteiger partial charge >= 0.3 is 0 Å². The fourth-order valence-electron chi connectivity index (χ4n) is 4.91. The predicted molar refractivity (Wildman–Crippen MR) is 114 cm³/mol. The fourth-order valence-corrected chi connectivity index (χ4v) is 4.91. The van der Waals surface area contributed by atoms with Crippen molar-refractivity contribution in [1.82, 2.24) is 4.90 Å². The van der Waals surface area contributed by atoms with E-state index in [0.29, 0.717) is 30.4 Å². The third-order valence-electron chi connectivity index (χ3n) is 5.46. The minimum Gasteiger partial charge on any atom is -0.491 e. The highest BCUT2D eigenvalue weighted by Gasteiger charge is 2.27. The lowest BCUT2D eigenvalue weighted by molar-refractivity contribution is 0.0429. The van der Waals surface area contributed by atoms with Gasteiger partial charge in [-0.3, -0.25) is 0 Å². The Morgan fingerprint density at radius 1 is 1.04 bits per heavy atom. The van der Waals surface area contributed by atoms with Crippen molar-refractivity contribution in [2.75, 3.05) is 26.2 Å². The Labute approximate surface area is 167 Å². The molecule has 0 saturated carbocycles. The van der Waals surface area contributed by atoms with E-state index in [-0.39, 0.29) is 5.41 Å². The molecular formula is C24H41NO2. The van der Waals surface area contributed by atoms with Gasteiger partial charge in [0.25, 0.3) is 0 Å². The van der Waals surface area contributed by atoms with Crippen molar-refractivity contribution in [3.63, 3.8) is 0 Å². The van der Waals surface area contributed by atoms with Crippen LogP contribution >= 0.6 is 0 Å². The number of ether oxygens (including phenoxy) is 1. The van der Waals surface area contributed by atoms with Gasteiger partial charge in [0.05, 0.1) is 0 Å². The van der Waals surface area contributed by atoms with Gasteiger partial charge in [0.2, 0.25) is 0 Å². The molecule has 0 radical (unpaired) electrons. The van der Waals surface area contributed by atoms with E-state index in [2.05, 4.69) is 65.5 Å². The molecule has 1 aliphatic rings. The number of benzene rings is 1. The normalized spacial score (nSPS) is 23.3. The molecular weight excluding hydrogens is 334 g/mol. The van der Waals surface area contributed by atoms with Crippen molar-refractivity contribution in [3.05, 3.63) is 29.8 Å². The third-order valence-corrected chi connectivity index (χ3v) is 5.46. The molecule has 0 bridgehead atoms. The van der Waals surface area contributed by atoms with Crippen LogP contribution < -0.4 is 4.74 Å². The number of rotatable bonds is 7. The summed E-state index contributed by atoms with van der Waals surface area (Å²) in [5.74, 6) is 2.27. The van der Waals surface area contributed by atoms with E-state index in [1.807, 2.05) is 12.1 Å². The Morgan fingerprint density at radius 2 is 1.59 bits per heavy atom. The molecule has 0 spiro atoms. The number of β-amino-alcohol motifs (C(OH)–C–C–N with tert-alkyl or cyclic N) is 1. The lowest BCUT2D eigenvalue weighted by Crippen LogP contribution is -2.44. The van der Waals surface area contributed by atoms with Crippen LogP contribution in [0.5, 0.6) is 5.75 Å². The Hall–Kier alpha value is -1.06. The van der Waals surface area contributed by atoms with E-state index in [1.165, 1.54) is 12.0 Å². The molecule has 3 unspecified atom stereocenters. The SMILES string of the molecule is CC1CC(C)CN(CC(O)COc2ccc(C(C)(C)CC(C)(C)C)cc2)C1. The van der Waals surface area contributed by atoms with Crippen molar-refractivity contribution < 1.29 is 9.84 Å². The van der Waals surface area contributed by atoms with Crippen LogP contribution in [0.3, 0.4) is 0 Å². The Bertz CT molecular complexity index is 563. The van der Waals surface area contributed by atoms with Crippen LogP contribution in [-0.4, -0.2) is 42.4 Å². The van der Waals surface area contributed by atoms with Crippen molar-refractivity contribution in [3.8, 4) is 5.75 Å². The molecule has 1 saturated heterocycles. The summed E-state index contributed by atoms with van der Waals surface area (Å²) in [4.78, 5) is 2.38. The zero-order chi connectivity index (χ0) is 20.2. The fraction of sp³-hybridized carbons (Fsp3) is 0.750. The number of hydrogen-bond donors (Lipinski definition) is 1. The van der Waals surface area contributed by atoms with Crippen molar-refractivity contribution in [2.24, 2.45) is 17.3 Å². The van der Waals surface area contributed by atoms with E-state index in [9.17, 15) is 5.11 Å². The molecule has 154 valence electrons. The van der Waals surface area contributed by atoms with Crippen LogP contribution in [-0.2, 0) is 5.41 Å². The van der Waals surface area contributed by atoms with Crippen molar-refractivity contribution in [2.45, 2.75) is 72.8 Å². The molecule has 27 heavy (non-hydrogen) atoms. The van der Waals surface area contributed by atoms with Crippen LogP contribution in [0.25, 0.3) is 0 Å². The first-order valence-electron chi connectivity index (χ1n) is 10.6. The lowest BCUT2D eigenvalue weighted by Gasteiger charge is -2.36. The number of aliphatic hydroxyl groups excluding tert-OH is 1. The number of aliphatic hydroxyl groups is 1. The second kappa shape index (κ2) is 8.96. The van der Waals surface area contributed by atoms with Gasteiger partial charge < -0.3 is 14.7 Å². The minimum absolute atomic E-state index is 0.137. The molecule has 3 nitrogen and oxygen atoms in total. The number of nitrogens with zero attached hydrogens (tertiary/aromatic N) is 1. The summed E-state index contributed by atoms with van der Waals surface area (Å²) in [5, 5.41) is 10.4. The number of hydrogen-bond acceptors (Lipinski definition) is 3. The molecule has 1 aromatic carbocycles. The molecule has 0 amide bonds. The summed E-state index contributed by atoms with van der Waals surface area (Å²) < 4.78 is 5.85. The first-order chi connectivity index (χ1) is 12.4. The molecule has 1 aliphatic heterocycles. The molecule has 3 atom stereocenters. The van der Waals surface area contributed by atoms with Crippen LogP contribution in [0, 0.1) is 17.3 Å². The molecule has 2 rings (SSSR count). The average molecular weight is 376 g/mol. The summed E-state index contributed by atoms with van der Waals surface area (Å²) in [7, 11) is 0. The molecule has 3 heteroatoms. The summed E-state index contributed by atoms with van der Waals surface area (Å²) in [6, 6.07) is 8.41. The van der Waals surface area contributed by atoms with Gasteiger partial charge in [-0.05, 0) is 53.2 Å². The van der Waals surface area contributed by atoms with E-state index >= 15 is 0 Å². The highest BCUT2D eigenvalue weighted by molar-refractivity contribution is 5.31. The summed E-state index contributed by atoms with van der Waals surface area (Å²) in [6.07, 6.45) is 1.98. The molecule has 1 fully saturated rings. The maximum atomic E-state index is 10.4. The smallest absolute Gasteiger partial charge is 0.119 e. The van der Waals surface area contributed by atoms with Gasteiger partial charge in [-0.2, -0.15) is 0 Å². The van der Waals surface area contributed by atoms with Crippen molar-refractivity contribution in [1.29, 1.82) is 0 Å².